The number of benzene rings is 3. The smallest absolute Gasteiger partial charge is 0.230 e. The number of carbonyl (C=O) groups is 1. The molecule has 0 unspecified atom stereocenters. The van der Waals surface area contributed by atoms with Gasteiger partial charge in [0.05, 0.1) is 12.1 Å². The average Bonchev–Trinajstić information content (AvgIpc) is 3.07. The van der Waals surface area contributed by atoms with E-state index in [1.807, 2.05) is 62.4 Å². The summed E-state index contributed by atoms with van der Waals surface area (Å²) < 4.78 is 5.45. The molecule has 4 rings (SSSR count). The van der Waals surface area contributed by atoms with Gasteiger partial charge in [-0.05, 0) is 55.3 Å². The standard InChI is InChI=1S/C23H20N2O2S/c1-15-12-16(2)23-18(13-15)20(25-27-23)14-22(26)24-19-10-6-7-11-21(19)28-17-8-4-3-5-9-17/h3-13H,14H2,1-2H3,(H,24,26). The van der Waals surface area contributed by atoms with Crippen molar-refractivity contribution in [1.82, 2.24) is 5.16 Å². The number of para-hydroxylation sites is 1. The maximum atomic E-state index is 12.7. The second-order valence-corrected chi connectivity index (χ2v) is 7.84. The van der Waals surface area contributed by atoms with Gasteiger partial charge in [0.15, 0.2) is 5.58 Å². The molecule has 4 nitrogen and oxygen atoms in total. The number of hydrogen-bond donors (Lipinski definition) is 1. The Morgan fingerprint density at radius 1 is 1.04 bits per heavy atom. The molecule has 140 valence electrons. The van der Waals surface area contributed by atoms with E-state index in [-0.39, 0.29) is 12.3 Å². The van der Waals surface area contributed by atoms with Crippen molar-refractivity contribution < 1.29 is 9.32 Å². The van der Waals surface area contributed by atoms with E-state index in [9.17, 15) is 4.79 Å². The van der Waals surface area contributed by atoms with Gasteiger partial charge in [0.25, 0.3) is 0 Å². The third kappa shape index (κ3) is 3.94. The van der Waals surface area contributed by atoms with Gasteiger partial charge in [0.2, 0.25) is 5.91 Å². The van der Waals surface area contributed by atoms with Crippen LogP contribution in [-0.4, -0.2) is 11.1 Å². The minimum Gasteiger partial charge on any atom is -0.356 e. The molecule has 0 aliphatic heterocycles. The van der Waals surface area contributed by atoms with Gasteiger partial charge < -0.3 is 9.84 Å². The summed E-state index contributed by atoms with van der Waals surface area (Å²) in [6, 6.07) is 22.0. The molecule has 1 N–H and O–H groups in total. The van der Waals surface area contributed by atoms with Crippen molar-refractivity contribution in [2.75, 3.05) is 5.32 Å². The highest BCUT2D eigenvalue weighted by Crippen LogP contribution is 2.33. The fourth-order valence-electron chi connectivity index (χ4n) is 3.19. The minimum absolute atomic E-state index is 0.115. The predicted octanol–water partition coefficient (Wildman–Crippen LogP) is 5.78. The molecular weight excluding hydrogens is 368 g/mol. The summed E-state index contributed by atoms with van der Waals surface area (Å²) in [5, 5.41) is 8.05. The van der Waals surface area contributed by atoms with Gasteiger partial charge in [-0.15, -0.1) is 0 Å². The lowest BCUT2D eigenvalue weighted by Gasteiger charge is -2.10. The first-order valence-electron chi connectivity index (χ1n) is 9.07. The van der Waals surface area contributed by atoms with Crippen LogP contribution in [0.3, 0.4) is 0 Å². The molecular formula is C23H20N2O2S. The van der Waals surface area contributed by atoms with Crippen molar-refractivity contribution >= 4 is 34.3 Å². The third-order valence-corrected chi connectivity index (χ3v) is 5.52. The zero-order valence-corrected chi connectivity index (χ0v) is 16.5. The van der Waals surface area contributed by atoms with E-state index in [1.54, 1.807) is 11.8 Å². The molecule has 5 heteroatoms. The molecule has 0 saturated carbocycles. The molecule has 3 aromatic carbocycles. The lowest BCUT2D eigenvalue weighted by molar-refractivity contribution is -0.115. The van der Waals surface area contributed by atoms with Crippen LogP contribution in [0.5, 0.6) is 0 Å². The number of aryl methyl sites for hydroxylation is 2. The van der Waals surface area contributed by atoms with E-state index in [4.69, 9.17) is 4.52 Å². The van der Waals surface area contributed by atoms with Gasteiger partial charge in [-0.3, -0.25) is 4.79 Å². The molecule has 1 amide bonds. The number of hydrogen-bond acceptors (Lipinski definition) is 4. The van der Waals surface area contributed by atoms with E-state index < -0.39 is 0 Å². The number of anilines is 1. The van der Waals surface area contributed by atoms with Gasteiger partial charge in [0, 0.05) is 15.2 Å². The van der Waals surface area contributed by atoms with Crippen molar-refractivity contribution in [3.63, 3.8) is 0 Å². The zero-order chi connectivity index (χ0) is 19.5. The van der Waals surface area contributed by atoms with Crippen molar-refractivity contribution in [3.05, 3.63) is 83.6 Å². The number of amides is 1. The summed E-state index contributed by atoms with van der Waals surface area (Å²) >= 11 is 1.62. The SMILES string of the molecule is Cc1cc(C)c2onc(CC(=O)Nc3ccccc3Sc3ccccc3)c2c1. The second kappa shape index (κ2) is 7.90. The summed E-state index contributed by atoms with van der Waals surface area (Å²) in [5.74, 6) is -0.115. The molecule has 4 aromatic rings. The van der Waals surface area contributed by atoms with Gasteiger partial charge in [-0.1, -0.05) is 53.3 Å². The number of nitrogens with one attached hydrogen (secondary N) is 1. The van der Waals surface area contributed by atoms with Gasteiger partial charge >= 0.3 is 0 Å². The Morgan fingerprint density at radius 3 is 2.61 bits per heavy atom. The zero-order valence-electron chi connectivity index (χ0n) is 15.7. The van der Waals surface area contributed by atoms with Crippen LogP contribution >= 0.6 is 11.8 Å². The van der Waals surface area contributed by atoms with Crippen molar-refractivity contribution in [3.8, 4) is 0 Å². The average molecular weight is 388 g/mol. The summed E-state index contributed by atoms with van der Waals surface area (Å²) in [7, 11) is 0. The van der Waals surface area contributed by atoms with Crippen LogP contribution < -0.4 is 5.32 Å². The van der Waals surface area contributed by atoms with Crippen LogP contribution in [0.1, 0.15) is 16.8 Å². The van der Waals surface area contributed by atoms with E-state index in [1.165, 1.54) is 0 Å². The largest absolute Gasteiger partial charge is 0.356 e. The Morgan fingerprint density at radius 2 is 1.79 bits per heavy atom. The van der Waals surface area contributed by atoms with Crippen LogP contribution in [0.2, 0.25) is 0 Å². The highest BCUT2D eigenvalue weighted by molar-refractivity contribution is 7.99. The van der Waals surface area contributed by atoms with Gasteiger partial charge in [-0.2, -0.15) is 0 Å². The first kappa shape index (κ1) is 18.3. The van der Waals surface area contributed by atoms with Crippen LogP contribution in [0.4, 0.5) is 5.69 Å². The molecule has 0 spiro atoms. The molecule has 0 saturated heterocycles. The van der Waals surface area contributed by atoms with Crippen molar-refractivity contribution in [2.24, 2.45) is 0 Å². The number of carbonyl (C=O) groups excluding carboxylic acids is 1. The maximum Gasteiger partial charge on any atom is 0.230 e. The Bertz CT molecular complexity index is 1140. The molecule has 0 radical (unpaired) electrons. The summed E-state index contributed by atoms with van der Waals surface area (Å²) in [6.07, 6.45) is 0.167. The fraction of sp³-hybridized carbons (Fsp3) is 0.130. The van der Waals surface area contributed by atoms with Crippen LogP contribution in [0.15, 0.2) is 81.0 Å². The number of aromatic nitrogens is 1. The summed E-state index contributed by atoms with van der Waals surface area (Å²) in [5.41, 5.74) is 4.35. The van der Waals surface area contributed by atoms with Crippen molar-refractivity contribution in [1.29, 1.82) is 0 Å². The number of fused-ring (bicyclic) bond motifs is 1. The summed E-state index contributed by atoms with van der Waals surface area (Å²) in [4.78, 5) is 14.8. The highest BCUT2D eigenvalue weighted by atomic mass is 32.2. The topological polar surface area (TPSA) is 55.1 Å². The summed E-state index contributed by atoms with van der Waals surface area (Å²) in [6.45, 7) is 4.02. The molecule has 1 aromatic heterocycles. The lowest BCUT2D eigenvalue weighted by atomic mass is 10.1. The predicted molar refractivity (Wildman–Crippen MR) is 113 cm³/mol. The minimum atomic E-state index is -0.115. The Kier molecular flexibility index (Phi) is 5.17. The number of rotatable bonds is 5. The molecule has 0 aliphatic carbocycles. The monoisotopic (exact) mass is 388 g/mol. The quantitative estimate of drug-likeness (QED) is 0.471. The number of nitrogens with zero attached hydrogens (tertiary/aromatic N) is 1. The molecule has 28 heavy (non-hydrogen) atoms. The lowest BCUT2D eigenvalue weighted by Crippen LogP contribution is -2.15. The highest BCUT2D eigenvalue weighted by Gasteiger charge is 2.15. The Balaban J connectivity index is 1.54. The van der Waals surface area contributed by atoms with E-state index in [0.29, 0.717) is 5.69 Å². The molecule has 1 heterocycles. The Hall–Kier alpha value is -3.05. The molecule has 0 fully saturated rings. The van der Waals surface area contributed by atoms with Crippen molar-refractivity contribution in [2.45, 2.75) is 30.1 Å². The van der Waals surface area contributed by atoms with E-state index in [2.05, 4.69) is 28.7 Å². The molecule has 0 aliphatic rings. The fourth-order valence-corrected chi connectivity index (χ4v) is 4.11. The first-order chi connectivity index (χ1) is 13.6. The Labute approximate surface area is 167 Å². The van der Waals surface area contributed by atoms with Crippen LogP contribution in [0.25, 0.3) is 11.0 Å². The maximum absolute atomic E-state index is 12.7. The van der Waals surface area contributed by atoms with Crippen LogP contribution in [0, 0.1) is 13.8 Å². The second-order valence-electron chi connectivity index (χ2n) is 6.72. The first-order valence-corrected chi connectivity index (χ1v) is 9.89. The normalized spacial score (nSPS) is 10.9. The third-order valence-electron chi connectivity index (χ3n) is 4.44. The van der Waals surface area contributed by atoms with Crippen LogP contribution in [-0.2, 0) is 11.2 Å². The van der Waals surface area contributed by atoms with E-state index >= 15 is 0 Å². The van der Waals surface area contributed by atoms with Gasteiger partial charge in [-0.25, -0.2) is 0 Å². The van der Waals surface area contributed by atoms with Gasteiger partial charge in [0.1, 0.15) is 5.69 Å². The van der Waals surface area contributed by atoms with E-state index in [0.717, 1.165) is 37.6 Å². The molecule has 0 bridgehead atoms. The molecule has 0 atom stereocenters.